The Hall–Kier alpha value is 0.544. The van der Waals surface area contributed by atoms with E-state index in [1.54, 1.807) is 6.08 Å². The summed E-state index contributed by atoms with van der Waals surface area (Å²) in [5.74, 6) is 0. The van der Waals surface area contributed by atoms with Gasteiger partial charge in [0.05, 0.1) is 0 Å². The Morgan fingerprint density at radius 1 is 1.40 bits per heavy atom. The monoisotopic (exact) mass is 212 g/mol. The molecule has 0 aromatic heterocycles. The van der Waals surface area contributed by atoms with E-state index >= 15 is 0 Å². The number of hydrogen-bond acceptors (Lipinski definition) is 1. The first-order valence-corrected chi connectivity index (χ1v) is 3.22. The third kappa shape index (κ3) is 11.4. The van der Waals surface area contributed by atoms with Gasteiger partial charge in [0.1, 0.15) is 0 Å². The maximum absolute atomic E-state index is 5.27. The Morgan fingerprint density at radius 2 is 2.10 bits per heavy atom. The van der Waals surface area contributed by atoms with Crippen molar-refractivity contribution >= 4 is 0 Å². The van der Waals surface area contributed by atoms with Gasteiger partial charge in [0.2, 0.25) is 0 Å². The van der Waals surface area contributed by atoms with Crippen LogP contribution in [0.4, 0.5) is 0 Å². The molecule has 0 aromatic rings. The van der Waals surface area contributed by atoms with E-state index in [2.05, 4.69) is 6.08 Å². The SMILES string of the molecule is [CH-]=CC=[C-]CCCCN.[Y]. The van der Waals surface area contributed by atoms with Gasteiger partial charge in [0, 0.05) is 32.7 Å². The molecule has 0 amide bonds. The first kappa shape index (κ1) is 13.2. The molecule has 0 fully saturated rings. The molecular formula is C8H13NY-2. The fourth-order valence-electron chi connectivity index (χ4n) is 0.523. The Kier molecular flexibility index (Phi) is 16.1. The van der Waals surface area contributed by atoms with Crippen LogP contribution in [-0.4, -0.2) is 6.54 Å². The summed E-state index contributed by atoms with van der Waals surface area (Å²) in [4.78, 5) is 0. The van der Waals surface area contributed by atoms with Gasteiger partial charge in [-0.3, -0.25) is 0 Å². The zero-order chi connectivity index (χ0) is 6.95. The predicted octanol–water partition coefficient (Wildman–Crippen LogP) is 1.46. The molecule has 0 aliphatic heterocycles. The van der Waals surface area contributed by atoms with Crippen molar-refractivity contribution in [2.24, 2.45) is 5.73 Å². The van der Waals surface area contributed by atoms with Gasteiger partial charge in [-0.25, -0.2) is 0 Å². The van der Waals surface area contributed by atoms with E-state index in [0.717, 1.165) is 25.8 Å². The average molecular weight is 212 g/mol. The van der Waals surface area contributed by atoms with Crippen LogP contribution in [0.15, 0.2) is 12.2 Å². The van der Waals surface area contributed by atoms with Gasteiger partial charge in [-0.15, -0.1) is 6.42 Å². The molecule has 1 nitrogen and oxygen atoms in total. The maximum atomic E-state index is 5.27. The van der Waals surface area contributed by atoms with Gasteiger partial charge >= 0.3 is 0 Å². The van der Waals surface area contributed by atoms with Crippen molar-refractivity contribution in [3.05, 3.63) is 24.8 Å². The third-order valence-corrected chi connectivity index (χ3v) is 0.989. The van der Waals surface area contributed by atoms with Crippen molar-refractivity contribution < 1.29 is 32.7 Å². The minimum atomic E-state index is 0. The van der Waals surface area contributed by atoms with Crippen molar-refractivity contribution in [3.8, 4) is 0 Å². The zero-order valence-electron chi connectivity index (χ0n) is 6.22. The molecule has 2 N–H and O–H groups in total. The van der Waals surface area contributed by atoms with Crippen molar-refractivity contribution in [2.45, 2.75) is 19.3 Å². The number of unbranched alkanes of at least 4 members (excludes halogenated alkanes) is 2. The van der Waals surface area contributed by atoms with E-state index in [1.165, 1.54) is 6.08 Å². The van der Waals surface area contributed by atoms with Crippen molar-refractivity contribution in [3.63, 3.8) is 0 Å². The first-order chi connectivity index (χ1) is 4.41. The van der Waals surface area contributed by atoms with Crippen molar-refractivity contribution in [1.29, 1.82) is 0 Å². The molecule has 0 heterocycles. The van der Waals surface area contributed by atoms with E-state index in [1.807, 2.05) is 0 Å². The fourth-order valence-corrected chi connectivity index (χ4v) is 0.523. The van der Waals surface area contributed by atoms with Gasteiger partial charge in [-0.05, 0) is 13.0 Å². The second-order valence-corrected chi connectivity index (χ2v) is 1.81. The first-order valence-electron chi connectivity index (χ1n) is 3.22. The van der Waals surface area contributed by atoms with Crippen LogP contribution in [0.5, 0.6) is 0 Å². The van der Waals surface area contributed by atoms with Crippen LogP contribution in [0, 0.1) is 12.7 Å². The van der Waals surface area contributed by atoms with Gasteiger partial charge < -0.3 is 30.5 Å². The molecular weight excluding hydrogens is 199 g/mol. The molecule has 0 aromatic carbocycles. The largest absolute Gasteiger partial charge is 0.394 e. The van der Waals surface area contributed by atoms with Crippen LogP contribution >= 0.6 is 0 Å². The van der Waals surface area contributed by atoms with Crippen LogP contribution in [-0.2, 0) is 32.7 Å². The summed E-state index contributed by atoms with van der Waals surface area (Å²) in [5, 5.41) is 0. The maximum Gasteiger partial charge on any atom is 0 e. The number of rotatable bonds is 5. The topological polar surface area (TPSA) is 26.0 Å². The summed E-state index contributed by atoms with van der Waals surface area (Å²) in [6, 6.07) is 0. The minimum Gasteiger partial charge on any atom is -0.394 e. The molecule has 0 aliphatic carbocycles. The zero-order valence-corrected chi connectivity index (χ0v) is 9.05. The number of allylic oxidation sites excluding steroid dienone is 3. The summed E-state index contributed by atoms with van der Waals surface area (Å²) in [7, 11) is 0. The molecule has 55 valence electrons. The molecule has 0 atom stereocenters. The quantitative estimate of drug-likeness (QED) is 0.416. The van der Waals surface area contributed by atoms with E-state index in [9.17, 15) is 0 Å². The predicted molar refractivity (Wildman–Crippen MR) is 39.6 cm³/mol. The molecule has 0 spiro atoms. The number of nitrogens with two attached hydrogens (primary N) is 1. The smallest absolute Gasteiger partial charge is 0 e. The molecule has 0 unspecified atom stereocenters. The Balaban J connectivity index is 0. The number of hydrogen-bond donors (Lipinski definition) is 1. The summed E-state index contributed by atoms with van der Waals surface area (Å²) >= 11 is 0. The molecule has 0 saturated carbocycles. The van der Waals surface area contributed by atoms with Crippen molar-refractivity contribution in [2.75, 3.05) is 6.54 Å². The fraction of sp³-hybridized carbons (Fsp3) is 0.500. The second kappa shape index (κ2) is 12.2. The molecule has 0 rings (SSSR count). The molecule has 0 saturated heterocycles. The molecule has 2 heteroatoms. The molecule has 10 heavy (non-hydrogen) atoms. The second-order valence-electron chi connectivity index (χ2n) is 1.81. The summed E-state index contributed by atoms with van der Waals surface area (Å²) < 4.78 is 0. The molecule has 0 aliphatic rings. The van der Waals surface area contributed by atoms with Crippen molar-refractivity contribution in [1.82, 2.24) is 0 Å². The Bertz CT molecular complexity index is 89.3. The van der Waals surface area contributed by atoms with Crippen LogP contribution in [0.2, 0.25) is 0 Å². The minimum absolute atomic E-state index is 0. The van der Waals surface area contributed by atoms with Crippen LogP contribution < -0.4 is 5.73 Å². The normalized spacial score (nSPS) is 9.30. The van der Waals surface area contributed by atoms with Gasteiger partial charge in [0.25, 0.3) is 0 Å². The standard InChI is InChI=1S/C8H13N.Y/c1-2-3-4-5-6-7-8-9;/h1-3H,5-9H2;/q-2;. The van der Waals surface area contributed by atoms with Gasteiger partial charge in [-0.2, -0.15) is 0 Å². The van der Waals surface area contributed by atoms with Gasteiger partial charge in [0.15, 0.2) is 0 Å². The van der Waals surface area contributed by atoms with Gasteiger partial charge in [-0.1, -0.05) is 6.42 Å². The summed E-state index contributed by atoms with van der Waals surface area (Å²) in [5.41, 5.74) is 5.27. The third-order valence-electron chi connectivity index (χ3n) is 0.989. The van der Waals surface area contributed by atoms with E-state index < -0.39 is 0 Å². The van der Waals surface area contributed by atoms with Crippen LogP contribution in [0.1, 0.15) is 19.3 Å². The Morgan fingerprint density at radius 3 is 2.60 bits per heavy atom. The molecule has 1 radical (unpaired) electrons. The molecule has 0 bridgehead atoms. The Labute approximate surface area is 88.6 Å². The summed E-state index contributed by atoms with van der Waals surface area (Å²) in [6.07, 6.45) is 9.38. The van der Waals surface area contributed by atoms with Crippen LogP contribution in [0.25, 0.3) is 0 Å². The van der Waals surface area contributed by atoms with Crippen LogP contribution in [0.3, 0.4) is 0 Å². The average Bonchev–Trinajstić information content (AvgIpc) is 1.89. The summed E-state index contributed by atoms with van der Waals surface area (Å²) in [6.45, 7) is 5.85. The van der Waals surface area contributed by atoms with E-state index in [-0.39, 0.29) is 32.7 Å². The van der Waals surface area contributed by atoms with E-state index in [4.69, 9.17) is 12.3 Å². The van der Waals surface area contributed by atoms with E-state index in [0.29, 0.717) is 0 Å².